The number of hydrogen-bond acceptors (Lipinski definition) is 3. The maximum atomic E-state index is 11.8. The molecule has 1 aliphatic heterocycles. The van der Waals surface area contributed by atoms with E-state index in [0.29, 0.717) is 30.8 Å². The number of nitrogens with zero attached hydrogens (tertiary/aromatic N) is 1. The van der Waals surface area contributed by atoms with Gasteiger partial charge in [-0.05, 0) is 24.6 Å². The molecule has 2 rings (SSSR count). The number of nitrogens with one attached hydrogen (secondary N) is 1. The van der Waals surface area contributed by atoms with Gasteiger partial charge < -0.3 is 5.32 Å². The van der Waals surface area contributed by atoms with E-state index in [1.54, 1.807) is 30.3 Å². The summed E-state index contributed by atoms with van der Waals surface area (Å²) in [5.74, 6) is -0.0711. The number of amides is 1. The maximum absolute atomic E-state index is 11.8. The highest BCUT2D eigenvalue weighted by Gasteiger charge is 2.28. The first-order valence-electron chi connectivity index (χ1n) is 6.04. The Morgan fingerprint density at radius 2 is 2.26 bits per heavy atom. The van der Waals surface area contributed by atoms with Crippen LogP contribution in [0.5, 0.6) is 0 Å². The molecule has 5 nitrogen and oxygen atoms in total. The zero-order valence-corrected chi connectivity index (χ0v) is 11.3. The van der Waals surface area contributed by atoms with Crippen LogP contribution in [0.4, 0.5) is 5.69 Å². The largest absolute Gasteiger partial charge is 0.349 e. The van der Waals surface area contributed by atoms with Gasteiger partial charge in [0.2, 0.25) is 10.0 Å². The lowest BCUT2D eigenvalue weighted by Crippen LogP contribution is -2.26. The number of anilines is 1. The summed E-state index contributed by atoms with van der Waals surface area (Å²) in [6.07, 6.45) is 2.21. The molecule has 1 aromatic rings. The van der Waals surface area contributed by atoms with Crippen molar-refractivity contribution < 1.29 is 13.2 Å². The van der Waals surface area contributed by atoms with Crippen LogP contribution < -0.4 is 9.62 Å². The quantitative estimate of drug-likeness (QED) is 0.841. The van der Waals surface area contributed by atoms with Gasteiger partial charge in [-0.1, -0.05) is 12.1 Å². The molecule has 1 N–H and O–H groups in total. The first-order chi connectivity index (χ1) is 9.04. The molecule has 1 aliphatic rings. The Labute approximate surface area is 113 Å². The molecule has 0 aromatic heterocycles. The molecule has 6 heteroatoms. The van der Waals surface area contributed by atoms with Crippen LogP contribution in [0.1, 0.15) is 16.8 Å². The Hall–Kier alpha value is -1.82. The van der Waals surface area contributed by atoms with Crippen molar-refractivity contribution in [2.45, 2.75) is 6.42 Å². The summed E-state index contributed by atoms with van der Waals surface area (Å²) in [5, 5.41) is 2.66. The predicted molar refractivity (Wildman–Crippen MR) is 74.7 cm³/mol. The maximum Gasteiger partial charge on any atom is 0.251 e. The SMILES string of the molecule is C=CCNC(=O)c1cccc(N2CCCS2(=O)=O)c1. The van der Waals surface area contributed by atoms with E-state index in [4.69, 9.17) is 0 Å². The van der Waals surface area contributed by atoms with Gasteiger partial charge in [0, 0.05) is 18.7 Å². The Balaban J connectivity index is 2.24. The van der Waals surface area contributed by atoms with Crippen molar-refractivity contribution >= 4 is 21.6 Å². The van der Waals surface area contributed by atoms with E-state index in [2.05, 4.69) is 11.9 Å². The summed E-state index contributed by atoms with van der Waals surface area (Å²) < 4.78 is 25.0. The van der Waals surface area contributed by atoms with Gasteiger partial charge in [-0.3, -0.25) is 9.10 Å². The lowest BCUT2D eigenvalue weighted by atomic mass is 10.2. The van der Waals surface area contributed by atoms with Gasteiger partial charge in [-0.25, -0.2) is 8.42 Å². The Morgan fingerprint density at radius 1 is 1.47 bits per heavy atom. The van der Waals surface area contributed by atoms with Crippen LogP contribution in [0, 0.1) is 0 Å². The molecule has 1 amide bonds. The molecular formula is C13H16N2O3S. The smallest absolute Gasteiger partial charge is 0.251 e. The van der Waals surface area contributed by atoms with Crippen molar-refractivity contribution in [2.24, 2.45) is 0 Å². The Bertz CT molecular complexity index is 596. The van der Waals surface area contributed by atoms with Crippen molar-refractivity contribution in [1.29, 1.82) is 0 Å². The zero-order valence-electron chi connectivity index (χ0n) is 10.5. The van der Waals surface area contributed by atoms with Gasteiger partial charge in [0.25, 0.3) is 5.91 Å². The highest BCUT2D eigenvalue weighted by Crippen LogP contribution is 2.24. The van der Waals surface area contributed by atoms with E-state index < -0.39 is 10.0 Å². The first kappa shape index (κ1) is 13.6. The highest BCUT2D eigenvalue weighted by atomic mass is 32.2. The van der Waals surface area contributed by atoms with Crippen molar-refractivity contribution in [3.8, 4) is 0 Å². The zero-order chi connectivity index (χ0) is 13.9. The van der Waals surface area contributed by atoms with Crippen LogP contribution in [-0.4, -0.2) is 33.2 Å². The number of benzene rings is 1. The number of hydrogen-bond donors (Lipinski definition) is 1. The summed E-state index contributed by atoms with van der Waals surface area (Å²) in [4.78, 5) is 11.8. The molecule has 0 aliphatic carbocycles. The third-order valence-electron chi connectivity index (χ3n) is 2.90. The molecule has 19 heavy (non-hydrogen) atoms. The minimum atomic E-state index is -3.21. The van der Waals surface area contributed by atoms with Crippen LogP contribution >= 0.6 is 0 Å². The third-order valence-corrected chi connectivity index (χ3v) is 4.77. The summed E-state index contributed by atoms with van der Waals surface area (Å²) in [5.41, 5.74) is 0.991. The molecule has 102 valence electrons. The molecule has 1 heterocycles. The summed E-state index contributed by atoms with van der Waals surface area (Å²) in [6, 6.07) is 6.64. The topological polar surface area (TPSA) is 66.5 Å². The fourth-order valence-corrected chi connectivity index (χ4v) is 3.56. The summed E-state index contributed by atoms with van der Waals surface area (Å²) >= 11 is 0. The van der Waals surface area contributed by atoms with Crippen LogP contribution in [0.15, 0.2) is 36.9 Å². The third kappa shape index (κ3) is 2.96. The minimum absolute atomic E-state index is 0.167. The van der Waals surface area contributed by atoms with E-state index in [0.717, 1.165) is 0 Å². The fraction of sp³-hybridized carbons (Fsp3) is 0.308. The normalized spacial score (nSPS) is 17.2. The van der Waals surface area contributed by atoms with E-state index in [1.807, 2.05) is 0 Å². The molecule has 0 spiro atoms. The number of rotatable bonds is 4. The van der Waals surface area contributed by atoms with Gasteiger partial charge in [0.1, 0.15) is 0 Å². The van der Waals surface area contributed by atoms with Gasteiger partial charge in [0.05, 0.1) is 11.4 Å². The predicted octanol–water partition coefficient (Wildman–Crippen LogP) is 1.14. The van der Waals surface area contributed by atoms with Crippen LogP contribution in [0.2, 0.25) is 0 Å². The van der Waals surface area contributed by atoms with Gasteiger partial charge in [-0.15, -0.1) is 6.58 Å². The molecule has 1 saturated heterocycles. The average molecular weight is 280 g/mol. The molecular weight excluding hydrogens is 264 g/mol. The molecule has 1 aromatic carbocycles. The van der Waals surface area contributed by atoms with Crippen molar-refractivity contribution in [3.63, 3.8) is 0 Å². The van der Waals surface area contributed by atoms with Crippen molar-refractivity contribution in [1.82, 2.24) is 5.32 Å². The number of carbonyl (C=O) groups excluding carboxylic acids is 1. The summed E-state index contributed by atoms with van der Waals surface area (Å²) in [7, 11) is -3.21. The van der Waals surface area contributed by atoms with Gasteiger partial charge in [0.15, 0.2) is 0 Å². The molecule has 1 fully saturated rings. The fourth-order valence-electron chi connectivity index (χ4n) is 2.00. The minimum Gasteiger partial charge on any atom is -0.349 e. The lowest BCUT2D eigenvalue weighted by Gasteiger charge is -2.17. The van der Waals surface area contributed by atoms with Crippen LogP contribution in [-0.2, 0) is 10.0 Å². The molecule has 0 radical (unpaired) electrons. The second-order valence-electron chi connectivity index (χ2n) is 4.29. The Kier molecular flexibility index (Phi) is 3.90. The second kappa shape index (κ2) is 5.44. The Morgan fingerprint density at radius 3 is 2.89 bits per heavy atom. The van der Waals surface area contributed by atoms with Crippen molar-refractivity contribution in [3.05, 3.63) is 42.5 Å². The number of carbonyl (C=O) groups is 1. The number of sulfonamides is 1. The van der Waals surface area contributed by atoms with Gasteiger partial charge in [-0.2, -0.15) is 0 Å². The van der Waals surface area contributed by atoms with E-state index >= 15 is 0 Å². The van der Waals surface area contributed by atoms with Crippen molar-refractivity contribution in [2.75, 3.05) is 23.1 Å². The second-order valence-corrected chi connectivity index (χ2v) is 6.30. The molecule has 0 atom stereocenters. The van der Waals surface area contributed by atoms with Gasteiger partial charge >= 0.3 is 0 Å². The molecule has 0 saturated carbocycles. The summed E-state index contributed by atoms with van der Waals surface area (Å²) in [6.45, 7) is 4.38. The highest BCUT2D eigenvalue weighted by molar-refractivity contribution is 7.93. The average Bonchev–Trinajstić information content (AvgIpc) is 2.75. The van der Waals surface area contributed by atoms with E-state index in [-0.39, 0.29) is 11.7 Å². The molecule has 0 unspecified atom stereocenters. The lowest BCUT2D eigenvalue weighted by molar-refractivity contribution is 0.0958. The van der Waals surface area contributed by atoms with Crippen LogP contribution in [0.3, 0.4) is 0 Å². The van der Waals surface area contributed by atoms with E-state index in [9.17, 15) is 13.2 Å². The van der Waals surface area contributed by atoms with Crippen LogP contribution in [0.25, 0.3) is 0 Å². The standard InChI is InChI=1S/C13H16N2O3S/c1-2-7-14-13(16)11-5-3-6-12(10-11)15-8-4-9-19(15,17)18/h2-3,5-6,10H,1,4,7-9H2,(H,14,16). The first-order valence-corrected chi connectivity index (χ1v) is 7.65. The monoisotopic (exact) mass is 280 g/mol. The van der Waals surface area contributed by atoms with E-state index in [1.165, 1.54) is 4.31 Å². The molecule has 0 bridgehead atoms.